The van der Waals surface area contributed by atoms with Gasteiger partial charge in [0.25, 0.3) is 0 Å². The summed E-state index contributed by atoms with van der Waals surface area (Å²) in [6.07, 6.45) is 7.11. The molecule has 0 bridgehead atoms. The van der Waals surface area contributed by atoms with Gasteiger partial charge in [-0.15, -0.1) is 11.3 Å². The second-order valence-corrected chi connectivity index (χ2v) is 7.01. The summed E-state index contributed by atoms with van der Waals surface area (Å²) < 4.78 is 0. The molecule has 1 aromatic heterocycles. The van der Waals surface area contributed by atoms with Crippen molar-refractivity contribution in [3.8, 4) is 0 Å². The summed E-state index contributed by atoms with van der Waals surface area (Å²) in [6.45, 7) is 8.12. The molecular weight excluding hydrogens is 256 g/mol. The minimum atomic E-state index is -0.386. The van der Waals surface area contributed by atoms with E-state index in [-0.39, 0.29) is 11.4 Å². The van der Waals surface area contributed by atoms with Crippen LogP contribution in [0.15, 0.2) is 12.2 Å². The van der Waals surface area contributed by atoms with Gasteiger partial charge in [0, 0.05) is 11.3 Å². The molecule has 0 spiro atoms. The molecule has 1 aliphatic carbocycles. The monoisotopic (exact) mass is 278 g/mol. The topological polar surface area (TPSA) is 42.0 Å². The normalized spacial score (nSPS) is 18.8. The van der Waals surface area contributed by atoms with E-state index in [0.717, 1.165) is 23.5 Å². The Morgan fingerprint density at radius 1 is 1.53 bits per heavy atom. The molecule has 0 fully saturated rings. The zero-order valence-electron chi connectivity index (χ0n) is 12.1. The van der Waals surface area contributed by atoms with Crippen molar-refractivity contribution in [1.29, 1.82) is 0 Å². The molecule has 1 aliphatic rings. The number of nitrogens with zero attached hydrogens (tertiary/aromatic N) is 1. The predicted molar refractivity (Wildman–Crippen MR) is 79.2 cm³/mol. The van der Waals surface area contributed by atoms with Gasteiger partial charge in [0.15, 0.2) is 0 Å². The van der Waals surface area contributed by atoms with Crippen LogP contribution in [0.3, 0.4) is 0 Å². The van der Waals surface area contributed by atoms with Crippen molar-refractivity contribution in [2.45, 2.75) is 52.5 Å². The first-order valence-electron chi connectivity index (χ1n) is 6.80. The van der Waals surface area contributed by atoms with Crippen LogP contribution in [0.2, 0.25) is 0 Å². The fourth-order valence-electron chi connectivity index (χ4n) is 2.30. The van der Waals surface area contributed by atoms with Crippen LogP contribution in [-0.2, 0) is 10.3 Å². The highest BCUT2D eigenvalue weighted by Gasteiger charge is 2.27. The summed E-state index contributed by atoms with van der Waals surface area (Å²) in [5.74, 6) is 0.530. The SMILES string of the molecule is Cc1nc(C(C)(C)NC(=O)C[C@H]2C=CCC2)sc1C. The summed E-state index contributed by atoms with van der Waals surface area (Å²) in [6, 6.07) is 0. The number of hydrogen-bond acceptors (Lipinski definition) is 3. The first-order chi connectivity index (χ1) is 8.88. The molecule has 19 heavy (non-hydrogen) atoms. The number of carbonyl (C=O) groups excluding carboxylic acids is 1. The van der Waals surface area contributed by atoms with Gasteiger partial charge >= 0.3 is 0 Å². The molecule has 1 aromatic rings. The minimum Gasteiger partial charge on any atom is -0.345 e. The molecule has 104 valence electrons. The van der Waals surface area contributed by atoms with Crippen LogP contribution in [0.4, 0.5) is 0 Å². The summed E-state index contributed by atoms with van der Waals surface area (Å²) in [5, 5.41) is 4.10. The van der Waals surface area contributed by atoms with Crippen molar-refractivity contribution >= 4 is 17.2 Å². The van der Waals surface area contributed by atoms with Crippen molar-refractivity contribution in [2.75, 3.05) is 0 Å². The summed E-state index contributed by atoms with van der Waals surface area (Å²) in [4.78, 5) is 17.9. The third kappa shape index (κ3) is 3.44. The van der Waals surface area contributed by atoms with Gasteiger partial charge in [-0.25, -0.2) is 4.98 Å². The molecule has 0 unspecified atom stereocenters. The lowest BCUT2D eigenvalue weighted by Gasteiger charge is -2.24. The number of allylic oxidation sites excluding steroid dienone is 2. The maximum Gasteiger partial charge on any atom is 0.221 e. The number of amides is 1. The van der Waals surface area contributed by atoms with Crippen LogP contribution >= 0.6 is 11.3 Å². The first kappa shape index (κ1) is 14.3. The van der Waals surface area contributed by atoms with E-state index in [4.69, 9.17) is 0 Å². The van der Waals surface area contributed by atoms with E-state index in [1.54, 1.807) is 11.3 Å². The summed E-state index contributed by atoms with van der Waals surface area (Å²) in [7, 11) is 0. The number of carbonyl (C=O) groups is 1. The average Bonchev–Trinajstić information content (AvgIpc) is 2.89. The van der Waals surface area contributed by atoms with Crippen LogP contribution in [0.25, 0.3) is 0 Å². The fourth-order valence-corrected chi connectivity index (χ4v) is 3.27. The molecule has 1 amide bonds. The maximum atomic E-state index is 12.1. The Kier molecular flexibility index (Phi) is 4.09. The van der Waals surface area contributed by atoms with Crippen LogP contribution < -0.4 is 5.32 Å². The van der Waals surface area contributed by atoms with Crippen molar-refractivity contribution in [3.63, 3.8) is 0 Å². The molecule has 0 radical (unpaired) electrons. The lowest BCUT2D eigenvalue weighted by molar-refractivity contribution is -0.123. The molecule has 4 heteroatoms. The van der Waals surface area contributed by atoms with Crippen molar-refractivity contribution < 1.29 is 4.79 Å². The van der Waals surface area contributed by atoms with Crippen molar-refractivity contribution in [1.82, 2.24) is 10.3 Å². The lowest BCUT2D eigenvalue weighted by Crippen LogP contribution is -2.41. The van der Waals surface area contributed by atoms with Gasteiger partial charge in [0.1, 0.15) is 5.01 Å². The molecule has 1 N–H and O–H groups in total. The molecule has 1 atom stereocenters. The second kappa shape index (κ2) is 5.45. The Hall–Kier alpha value is -1.16. The smallest absolute Gasteiger partial charge is 0.221 e. The van der Waals surface area contributed by atoms with Gasteiger partial charge in [0.05, 0.1) is 11.2 Å². The van der Waals surface area contributed by atoms with Crippen LogP contribution in [-0.4, -0.2) is 10.9 Å². The number of hydrogen-bond donors (Lipinski definition) is 1. The molecule has 1 heterocycles. The highest BCUT2D eigenvalue weighted by atomic mass is 32.1. The Bertz CT molecular complexity index is 483. The largest absolute Gasteiger partial charge is 0.345 e. The molecule has 2 rings (SSSR count). The summed E-state index contributed by atoms with van der Waals surface area (Å²) >= 11 is 1.67. The zero-order chi connectivity index (χ0) is 14.0. The second-order valence-electron chi connectivity index (χ2n) is 5.80. The zero-order valence-corrected chi connectivity index (χ0v) is 12.9. The van der Waals surface area contributed by atoms with E-state index in [1.165, 1.54) is 4.88 Å². The van der Waals surface area contributed by atoms with Crippen LogP contribution in [0.5, 0.6) is 0 Å². The molecule has 3 nitrogen and oxygen atoms in total. The lowest BCUT2D eigenvalue weighted by atomic mass is 10.0. The van der Waals surface area contributed by atoms with Gasteiger partial charge in [-0.05, 0) is 46.5 Å². The van der Waals surface area contributed by atoms with E-state index >= 15 is 0 Å². The highest BCUT2D eigenvalue weighted by molar-refractivity contribution is 7.11. The highest BCUT2D eigenvalue weighted by Crippen LogP contribution is 2.28. The molecule has 0 aliphatic heterocycles. The molecular formula is C15H22N2OS. The van der Waals surface area contributed by atoms with E-state index in [1.807, 2.05) is 20.8 Å². The average molecular weight is 278 g/mol. The Labute approximate surface area is 119 Å². The Morgan fingerprint density at radius 3 is 2.79 bits per heavy atom. The Morgan fingerprint density at radius 2 is 2.26 bits per heavy atom. The quantitative estimate of drug-likeness (QED) is 0.857. The van der Waals surface area contributed by atoms with Gasteiger partial charge in [-0.1, -0.05) is 12.2 Å². The number of aryl methyl sites for hydroxylation is 2. The van der Waals surface area contributed by atoms with E-state index in [9.17, 15) is 4.79 Å². The van der Waals surface area contributed by atoms with Crippen molar-refractivity contribution in [2.24, 2.45) is 5.92 Å². The van der Waals surface area contributed by atoms with Crippen LogP contribution in [0.1, 0.15) is 48.7 Å². The maximum absolute atomic E-state index is 12.1. The minimum absolute atomic E-state index is 0.118. The Balaban J connectivity index is 1.99. The number of aromatic nitrogens is 1. The van der Waals surface area contributed by atoms with Gasteiger partial charge in [-0.2, -0.15) is 0 Å². The first-order valence-corrected chi connectivity index (χ1v) is 7.62. The van der Waals surface area contributed by atoms with Gasteiger partial charge in [0.2, 0.25) is 5.91 Å². The number of thiazole rings is 1. The van der Waals surface area contributed by atoms with E-state index < -0.39 is 0 Å². The van der Waals surface area contributed by atoms with Gasteiger partial charge < -0.3 is 5.32 Å². The van der Waals surface area contributed by atoms with Crippen molar-refractivity contribution in [3.05, 3.63) is 27.7 Å². The third-order valence-electron chi connectivity index (χ3n) is 3.58. The standard InChI is InChI=1S/C15H22N2OS/c1-10-11(2)19-14(16-10)15(3,4)17-13(18)9-12-7-5-6-8-12/h5,7,12H,6,8-9H2,1-4H3,(H,17,18)/t12-/m0/s1. The molecule has 0 saturated heterocycles. The van der Waals surface area contributed by atoms with E-state index in [0.29, 0.717) is 12.3 Å². The predicted octanol–water partition coefficient (Wildman–Crippen LogP) is 3.47. The molecule has 0 saturated carbocycles. The van der Waals surface area contributed by atoms with E-state index in [2.05, 4.69) is 29.4 Å². The number of nitrogens with one attached hydrogen (secondary N) is 1. The van der Waals surface area contributed by atoms with Gasteiger partial charge in [-0.3, -0.25) is 4.79 Å². The van der Waals surface area contributed by atoms with Crippen LogP contribution in [0, 0.1) is 19.8 Å². The fraction of sp³-hybridized carbons (Fsp3) is 0.600. The molecule has 0 aromatic carbocycles. The third-order valence-corrected chi connectivity index (χ3v) is 4.97. The summed E-state index contributed by atoms with van der Waals surface area (Å²) in [5.41, 5.74) is 0.671. The number of rotatable bonds is 4.